The molecule has 0 atom stereocenters. The van der Waals surface area contributed by atoms with E-state index in [0.29, 0.717) is 11.8 Å². The Labute approximate surface area is 473 Å². The summed E-state index contributed by atoms with van der Waals surface area (Å²) < 4.78 is 5.86. The summed E-state index contributed by atoms with van der Waals surface area (Å²) in [5, 5.41) is 11.1. The Balaban J connectivity index is 0.804. The zero-order valence-electron chi connectivity index (χ0n) is 46.6. The van der Waals surface area contributed by atoms with Crippen molar-refractivity contribution in [2.75, 3.05) is 0 Å². The third-order valence-electron chi connectivity index (χ3n) is 21.1. The van der Waals surface area contributed by atoms with Crippen molar-refractivity contribution in [1.82, 2.24) is 0 Å². The fraction of sp³-hybridized carbons (Fsp3) is 0.273. The molecule has 2 heteroatoms. The van der Waals surface area contributed by atoms with Crippen LogP contribution in [0.5, 0.6) is 0 Å². The lowest BCUT2D eigenvalue weighted by molar-refractivity contribution is 0.446. The van der Waals surface area contributed by atoms with E-state index in [0.717, 1.165) is 0 Å². The number of hydrogen-bond donors (Lipinski definition) is 0. The molecule has 2 fully saturated rings. The molecule has 386 valence electrons. The van der Waals surface area contributed by atoms with Crippen LogP contribution in [0.1, 0.15) is 162 Å². The highest BCUT2D eigenvalue weighted by molar-refractivity contribution is 7.27. The molecule has 0 spiro atoms. The van der Waals surface area contributed by atoms with Gasteiger partial charge in [0.15, 0.2) is 0 Å². The monoisotopic (exact) mass is 1050 g/mol. The molecular formula is C77H66S2. The molecule has 0 unspecified atom stereocenters. The van der Waals surface area contributed by atoms with E-state index >= 15 is 0 Å². The van der Waals surface area contributed by atoms with Gasteiger partial charge in [-0.1, -0.05) is 201 Å². The SMILES string of the molecule is CC1(C)c2cc3c(cc2-c2cc4c(cc21)-c1c(cc(-c2cccc5c2sc2c(C6CCCCC6)cccc25)c2ccccc12)C4(C)C)C(C)(C)c1cc(-c2cccc4c2sc2c(C5CCCCC5)cccc24)c2ccccc2c1-3. The number of hydrogen-bond acceptors (Lipinski definition) is 2. The van der Waals surface area contributed by atoms with Crippen molar-refractivity contribution in [3.8, 4) is 55.6 Å². The second-order valence-electron chi connectivity index (χ2n) is 26.2. The van der Waals surface area contributed by atoms with Crippen LogP contribution in [-0.2, 0) is 16.2 Å². The summed E-state index contributed by atoms with van der Waals surface area (Å²) in [5.41, 5.74) is 25.2. The maximum absolute atomic E-state index is 2.65. The smallest absolute Gasteiger partial charge is 0.0434 e. The summed E-state index contributed by atoms with van der Waals surface area (Å²) >= 11 is 4.10. The van der Waals surface area contributed by atoms with E-state index in [4.69, 9.17) is 0 Å². The molecule has 12 aromatic rings. The minimum atomic E-state index is -0.205. The second kappa shape index (κ2) is 16.6. The third kappa shape index (κ3) is 6.37. The molecule has 17 rings (SSSR count). The van der Waals surface area contributed by atoms with Gasteiger partial charge in [-0.25, -0.2) is 0 Å². The predicted octanol–water partition coefficient (Wildman–Crippen LogP) is 23.1. The highest BCUT2D eigenvalue weighted by atomic mass is 32.1. The Bertz CT molecular complexity index is 4350. The van der Waals surface area contributed by atoms with Crippen LogP contribution in [0.15, 0.2) is 158 Å². The molecule has 0 bridgehead atoms. The van der Waals surface area contributed by atoms with Crippen LogP contribution in [0.4, 0.5) is 0 Å². The van der Waals surface area contributed by atoms with Gasteiger partial charge in [0, 0.05) is 67.7 Å². The quantitative estimate of drug-likeness (QED) is 0.165. The van der Waals surface area contributed by atoms with Crippen LogP contribution in [0, 0.1) is 0 Å². The van der Waals surface area contributed by atoms with Crippen molar-refractivity contribution in [3.05, 3.63) is 202 Å². The minimum absolute atomic E-state index is 0.194. The highest BCUT2D eigenvalue weighted by Gasteiger charge is 2.46. The topological polar surface area (TPSA) is 0 Å². The average Bonchev–Trinajstić information content (AvgIpc) is 2.89. The Morgan fingerprint density at radius 2 is 0.595 bits per heavy atom. The molecule has 0 saturated heterocycles. The zero-order valence-corrected chi connectivity index (χ0v) is 48.2. The summed E-state index contributed by atoms with van der Waals surface area (Å²) in [6, 6.07) is 63.0. The molecule has 5 aliphatic carbocycles. The third-order valence-corrected chi connectivity index (χ3v) is 23.7. The van der Waals surface area contributed by atoms with Gasteiger partial charge in [-0.15, -0.1) is 22.7 Å². The van der Waals surface area contributed by atoms with E-state index in [-0.39, 0.29) is 16.2 Å². The van der Waals surface area contributed by atoms with Crippen LogP contribution in [0.25, 0.3) is 118 Å². The minimum Gasteiger partial charge on any atom is -0.134 e. The Morgan fingerprint density at radius 3 is 1.01 bits per heavy atom. The van der Waals surface area contributed by atoms with E-state index in [1.807, 2.05) is 22.7 Å². The van der Waals surface area contributed by atoms with Gasteiger partial charge in [0.2, 0.25) is 0 Å². The second-order valence-corrected chi connectivity index (χ2v) is 28.3. The van der Waals surface area contributed by atoms with Crippen LogP contribution in [0.3, 0.4) is 0 Å². The van der Waals surface area contributed by atoms with E-state index < -0.39 is 0 Å². The first-order valence-corrected chi connectivity index (χ1v) is 31.5. The fourth-order valence-corrected chi connectivity index (χ4v) is 19.7. The Kier molecular flexibility index (Phi) is 9.89. The van der Waals surface area contributed by atoms with Gasteiger partial charge in [0.1, 0.15) is 0 Å². The number of fused-ring (bicyclic) bond motifs is 19. The van der Waals surface area contributed by atoms with Crippen LogP contribution in [0.2, 0.25) is 0 Å². The fourth-order valence-electron chi connectivity index (χ4n) is 16.9. The molecule has 0 aliphatic heterocycles. The molecule has 2 aromatic heterocycles. The maximum Gasteiger partial charge on any atom is 0.0434 e. The molecule has 2 saturated carbocycles. The lowest BCUT2D eigenvalue weighted by Gasteiger charge is -2.25. The molecule has 2 heterocycles. The number of thiophene rings is 2. The van der Waals surface area contributed by atoms with Gasteiger partial charge in [0.05, 0.1) is 0 Å². The lowest BCUT2D eigenvalue weighted by atomic mass is 9.78. The van der Waals surface area contributed by atoms with Crippen molar-refractivity contribution < 1.29 is 0 Å². The van der Waals surface area contributed by atoms with Crippen LogP contribution >= 0.6 is 22.7 Å². The summed E-state index contributed by atoms with van der Waals surface area (Å²) in [6.45, 7) is 15.0. The number of rotatable bonds is 4. The molecule has 0 radical (unpaired) electrons. The van der Waals surface area contributed by atoms with Gasteiger partial charge in [0.25, 0.3) is 0 Å². The van der Waals surface area contributed by atoms with E-state index in [1.165, 1.54) is 215 Å². The molecule has 0 nitrogen and oxygen atoms in total. The van der Waals surface area contributed by atoms with Crippen molar-refractivity contribution in [3.63, 3.8) is 0 Å². The first-order chi connectivity index (χ1) is 38.5. The van der Waals surface area contributed by atoms with Crippen molar-refractivity contribution in [2.45, 2.75) is 134 Å². The lowest BCUT2D eigenvalue weighted by Crippen LogP contribution is -2.17. The Hall–Kier alpha value is -6.84. The molecule has 79 heavy (non-hydrogen) atoms. The molecule has 0 N–H and O–H groups in total. The summed E-state index contributed by atoms with van der Waals surface area (Å²) in [6.07, 6.45) is 13.4. The van der Waals surface area contributed by atoms with Gasteiger partial charge in [-0.3, -0.25) is 0 Å². The van der Waals surface area contributed by atoms with Crippen LogP contribution < -0.4 is 0 Å². The molecule has 10 aromatic carbocycles. The molecule has 5 aliphatic rings. The molecule has 0 amide bonds. The zero-order chi connectivity index (χ0) is 52.8. The van der Waals surface area contributed by atoms with Gasteiger partial charge >= 0.3 is 0 Å². The largest absolute Gasteiger partial charge is 0.134 e. The predicted molar refractivity (Wildman–Crippen MR) is 342 cm³/mol. The summed E-state index contributed by atoms with van der Waals surface area (Å²) in [4.78, 5) is 0. The average molecular weight is 1060 g/mol. The van der Waals surface area contributed by atoms with Gasteiger partial charge in [-0.05, 0) is 184 Å². The maximum atomic E-state index is 2.65. The normalized spacial score (nSPS) is 17.9. The van der Waals surface area contributed by atoms with E-state index in [2.05, 4.69) is 199 Å². The first kappa shape index (κ1) is 47.0. The Morgan fingerprint density at radius 1 is 0.278 bits per heavy atom. The number of benzene rings is 10. The summed E-state index contributed by atoms with van der Waals surface area (Å²) in [7, 11) is 0. The van der Waals surface area contributed by atoms with E-state index in [1.54, 1.807) is 11.1 Å². The molecular weight excluding hydrogens is 989 g/mol. The van der Waals surface area contributed by atoms with Crippen molar-refractivity contribution >= 4 is 84.6 Å². The van der Waals surface area contributed by atoms with Crippen molar-refractivity contribution in [2.24, 2.45) is 0 Å². The standard InChI is InChI=1S/C77H66S2/c1-75(2)63-41-61-65(76(3,4)67-37-57(47-25-13-15-27-49(47)69(61)67)55-35-19-33-53-51-31-17-29-45(71(51)78-73(53)55)43-21-9-7-10-22-43)39-59(63)60-40-66-62(42-64(60)75)70-50-28-16-14-26-48(50)58(38-68(70)77(66,5)6)56-36-20-34-54-52-32-18-30-46(72(52)79-74(54)56)44-23-11-8-12-24-44/h13-20,25-44H,7-12,21-24H2,1-6H3. The van der Waals surface area contributed by atoms with E-state index in [9.17, 15) is 0 Å². The first-order valence-electron chi connectivity index (χ1n) is 29.9. The highest BCUT2D eigenvalue weighted by Crippen LogP contribution is 2.62. The van der Waals surface area contributed by atoms with Crippen molar-refractivity contribution in [1.29, 1.82) is 0 Å². The van der Waals surface area contributed by atoms with Gasteiger partial charge < -0.3 is 0 Å². The van der Waals surface area contributed by atoms with Gasteiger partial charge in [-0.2, -0.15) is 0 Å². The van der Waals surface area contributed by atoms with Crippen LogP contribution in [-0.4, -0.2) is 0 Å². The summed E-state index contributed by atoms with van der Waals surface area (Å²) in [5.74, 6) is 1.34.